The van der Waals surface area contributed by atoms with Gasteiger partial charge < -0.3 is 14.2 Å². The van der Waals surface area contributed by atoms with Crippen molar-refractivity contribution in [3.8, 4) is 11.5 Å². The minimum Gasteiger partial charge on any atom is -0.459 e. The van der Waals surface area contributed by atoms with Crippen molar-refractivity contribution < 1.29 is 13.6 Å². The van der Waals surface area contributed by atoms with Crippen LogP contribution < -0.4 is 5.32 Å². The molecule has 1 amide bonds. The SMILES string of the molecule is Cc1cc(C)c2oc(-c3cccc(NC(=O)c4ccco4)c3)nc2c1. The van der Waals surface area contributed by atoms with Gasteiger partial charge in [-0.3, -0.25) is 4.79 Å². The van der Waals surface area contributed by atoms with Crippen molar-refractivity contribution in [2.75, 3.05) is 5.32 Å². The number of aromatic nitrogens is 1. The molecule has 2 heterocycles. The highest BCUT2D eigenvalue weighted by Gasteiger charge is 2.13. The van der Waals surface area contributed by atoms with Gasteiger partial charge in [0.2, 0.25) is 5.89 Å². The van der Waals surface area contributed by atoms with Gasteiger partial charge in [-0.1, -0.05) is 12.1 Å². The van der Waals surface area contributed by atoms with Crippen LogP contribution in [0, 0.1) is 13.8 Å². The molecular formula is C20H16N2O3. The second-order valence-corrected chi connectivity index (χ2v) is 5.96. The number of aryl methyl sites for hydroxylation is 2. The average molecular weight is 332 g/mol. The molecule has 4 aromatic rings. The first-order valence-electron chi connectivity index (χ1n) is 7.93. The molecule has 0 radical (unpaired) electrons. The molecule has 124 valence electrons. The molecule has 2 aromatic heterocycles. The first-order valence-corrected chi connectivity index (χ1v) is 7.93. The van der Waals surface area contributed by atoms with Crippen LogP contribution in [0.25, 0.3) is 22.6 Å². The van der Waals surface area contributed by atoms with E-state index in [0.29, 0.717) is 11.6 Å². The molecule has 4 rings (SSSR count). The fraction of sp³-hybridized carbons (Fsp3) is 0.100. The summed E-state index contributed by atoms with van der Waals surface area (Å²) in [6.45, 7) is 4.04. The van der Waals surface area contributed by atoms with Gasteiger partial charge in [-0.05, 0) is 61.4 Å². The number of oxazole rings is 1. The molecule has 1 N–H and O–H groups in total. The zero-order valence-electron chi connectivity index (χ0n) is 13.9. The second-order valence-electron chi connectivity index (χ2n) is 5.96. The third kappa shape index (κ3) is 2.92. The van der Waals surface area contributed by atoms with E-state index in [2.05, 4.69) is 16.4 Å². The van der Waals surface area contributed by atoms with E-state index in [1.165, 1.54) is 6.26 Å². The van der Waals surface area contributed by atoms with Crippen LogP contribution in [0.15, 0.2) is 63.6 Å². The Hall–Kier alpha value is -3.34. The number of rotatable bonds is 3. The Morgan fingerprint density at radius 3 is 2.76 bits per heavy atom. The summed E-state index contributed by atoms with van der Waals surface area (Å²) in [4.78, 5) is 16.7. The molecule has 0 saturated heterocycles. The standard InChI is InChI=1S/C20H16N2O3/c1-12-9-13(2)18-16(10-12)22-20(25-18)14-5-3-6-15(11-14)21-19(23)17-7-4-8-24-17/h3-11H,1-2H3,(H,21,23). The molecule has 0 aliphatic rings. The fourth-order valence-electron chi connectivity index (χ4n) is 2.83. The lowest BCUT2D eigenvalue weighted by Gasteiger charge is -2.04. The Balaban J connectivity index is 1.67. The van der Waals surface area contributed by atoms with Crippen LogP contribution in [0.3, 0.4) is 0 Å². The Bertz CT molecular complexity index is 1060. The number of furan rings is 1. The van der Waals surface area contributed by atoms with Gasteiger partial charge in [0.05, 0.1) is 6.26 Å². The van der Waals surface area contributed by atoms with Gasteiger partial charge in [-0.15, -0.1) is 0 Å². The van der Waals surface area contributed by atoms with Gasteiger partial charge in [0.1, 0.15) is 5.52 Å². The van der Waals surface area contributed by atoms with E-state index in [-0.39, 0.29) is 11.7 Å². The number of carbonyl (C=O) groups is 1. The molecule has 0 aliphatic heterocycles. The third-order valence-corrected chi connectivity index (χ3v) is 3.93. The van der Waals surface area contributed by atoms with Crippen LogP contribution in [0.1, 0.15) is 21.7 Å². The molecule has 0 fully saturated rings. The number of carbonyl (C=O) groups excluding carboxylic acids is 1. The van der Waals surface area contributed by atoms with Crippen LogP contribution in [0.2, 0.25) is 0 Å². The van der Waals surface area contributed by atoms with Crippen molar-refractivity contribution >= 4 is 22.7 Å². The maximum absolute atomic E-state index is 12.1. The minimum atomic E-state index is -0.300. The number of amides is 1. The van der Waals surface area contributed by atoms with E-state index >= 15 is 0 Å². The molecule has 0 aliphatic carbocycles. The Labute approximate surface area is 144 Å². The highest BCUT2D eigenvalue weighted by molar-refractivity contribution is 6.02. The first-order chi connectivity index (χ1) is 12.1. The zero-order valence-corrected chi connectivity index (χ0v) is 13.9. The van der Waals surface area contributed by atoms with E-state index in [1.807, 2.05) is 44.2 Å². The maximum atomic E-state index is 12.1. The van der Waals surface area contributed by atoms with E-state index in [9.17, 15) is 4.79 Å². The second kappa shape index (κ2) is 5.94. The molecule has 5 heteroatoms. The lowest BCUT2D eigenvalue weighted by molar-refractivity contribution is 0.0996. The minimum absolute atomic E-state index is 0.262. The molecule has 2 aromatic carbocycles. The number of nitrogens with one attached hydrogen (secondary N) is 1. The number of hydrogen-bond acceptors (Lipinski definition) is 4. The summed E-state index contributed by atoms with van der Waals surface area (Å²) >= 11 is 0. The molecule has 0 bridgehead atoms. The van der Waals surface area contributed by atoms with Gasteiger partial charge in [0.25, 0.3) is 5.91 Å². The molecule has 25 heavy (non-hydrogen) atoms. The topological polar surface area (TPSA) is 68.3 Å². The monoisotopic (exact) mass is 332 g/mol. The smallest absolute Gasteiger partial charge is 0.291 e. The molecule has 0 saturated carbocycles. The van der Waals surface area contributed by atoms with Gasteiger partial charge >= 0.3 is 0 Å². The van der Waals surface area contributed by atoms with Crippen molar-refractivity contribution in [1.82, 2.24) is 4.98 Å². The van der Waals surface area contributed by atoms with Crippen molar-refractivity contribution in [3.63, 3.8) is 0 Å². The summed E-state index contributed by atoms with van der Waals surface area (Å²) in [7, 11) is 0. The van der Waals surface area contributed by atoms with Gasteiger partial charge in [-0.2, -0.15) is 0 Å². The molecule has 5 nitrogen and oxygen atoms in total. The Morgan fingerprint density at radius 2 is 1.96 bits per heavy atom. The summed E-state index contributed by atoms with van der Waals surface area (Å²) in [5.41, 5.74) is 5.25. The zero-order chi connectivity index (χ0) is 17.4. The summed E-state index contributed by atoms with van der Waals surface area (Å²) in [6.07, 6.45) is 1.47. The highest BCUT2D eigenvalue weighted by atomic mass is 16.3. The van der Waals surface area contributed by atoms with Crippen LogP contribution in [-0.2, 0) is 0 Å². The number of anilines is 1. The largest absolute Gasteiger partial charge is 0.459 e. The predicted octanol–water partition coefficient (Wildman–Crippen LogP) is 4.96. The number of hydrogen-bond donors (Lipinski definition) is 1. The summed E-state index contributed by atoms with van der Waals surface area (Å²) in [5.74, 6) is 0.488. The van der Waals surface area contributed by atoms with Crippen molar-refractivity contribution in [1.29, 1.82) is 0 Å². The fourth-order valence-corrected chi connectivity index (χ4v) is 2.83. The van der Waals surface area contributed by atoms with Gasteiger partial charge in [-0.25, -0.2) is 4.98 Å². The quantitative estimate of drug-likeness (QED) is 0.576. The van der Waals surface area contributed by atoms with Crippen LogP contribution >= 0.6 is 0 Å². The Morgan fingerprint density at radius 1 is 1.08 bits per heavy atom. The van der Waals surface area contributed by atoms with Gasteiger partial charge in [0, 0.05) is 11.3 Å². The van der Waals surface area contributed by atoms with Crippen LogP contribution in [0.4, 0.5) is 5.69 Å². The van der Waals surface area contributed by atoms with E-state index in [4.69, 9.17) is 8.83 Å². The normalized spacial score (nSPS) is 11.0. The lowest BCUT2D eigenvalue weighted by atomic mass is 10.1. The number of benzene rings is 2. The van der Waals surface area contributed by atoms with Crippen molar-refractivity contribution in [2.24, 2.45) is 0 Å². The molecule has 0 spiro atoms. The number of fused-ring (bicyclic) bond motifs is 1. The lowest BCUT2D eigenvalue weighted by Crippen LogP contribution is -2.10. The predicted molar refractivity (Wildman–Crippen MR) is 95.6 cm³/mol. The average Bonchev–Trinajstić information content (AvgIpc) is 3.24. The molecular weight excluding hydrogens is 316 g/mol. The van der Waals surface area contributed by atoms with Gasteiger partial charge in [0.15, 0.2) is 11.3 Å². The summed E-state index contributed by atoms with van der Waals surface area (Å²) in [6, 6.07) is 14.7. The van der Waals surface area contributed by atoms with Crippen LogP contribution in [-0.4, -0.2) is 10.9 Å². The molecule has 0 atom stereocenters. The van der Waals surface area contributed by atoms with Crippen LogP contribution in [0.5, 0.6) is 0 Å². The number of nitrogens with zero attached hydrogens (tertiary/aromatic N) is 1. The summed E-state index contributed by atoms with van der Waals surface area (Å²) in [5, 5.41) is 2.81. The van der Waals surface area contributed by atoms with E-state index in [1.54, 1.807) is 12.1 Å². The van der Waals surface area contributed by atoms with Crippen molar-refractivity contribution in [3.05, 3.63) is 71.7 Å². The Kier molecular flexibility index (Phi) is 3.61. The first kappa shape index (κ1) is 15.2. The third-order valence-electron chi connectivity index (χ3n) is 3.93. The van der Waals surface area contributed by atoms with E-state index in [0.717, 1.165) is 27.8 Å². The van der Waals surface area contributed by atoms with E-state index < -0.39 is 0 Å². The molecule has 0 unspecified atom stereocenters. The maximum Gasteiger partial charge on any atom is 0.291 e. The summed E-state index contributed by atoms with van der Waals surface area (Å²) < 4.78 is 11.0. The highest BCUT2D eigenvalue weighted by Crippen LogP contribution is 2.28. The van der Waals surface area contributed by atoms with Crippen molar-refractivity contribution in [2.45, 2.75) is 13.8 Å².